The van der Waals surface area contributed by atoms with E-state index in [9.17, 15) is 9.59 Å². The van der Waals surface area contributed by atoms with Gasteiger partial charge in [-0.05, 0) is 26.8 Å². The Balaban J connectivity index is 1.59. The van der Waals surface area contributed by atoms with Gasteiger partial charge in [0, 0.05) is 11.1 Å². The van der Waals surface area contributed by atoms with E-state index < -0.39 is 11.6 Å². The Morgan fingerprint density at radius 2 is 1.89 bits per heavy atom. The van der Waals surface area contributed by atoms with Crippen molar-refractivity contribution in [3.05, 3.63) is 65.6 Å². The fourth-order valence-corrected chi connectivity index (χ4v) is 3.40. The number of carbonyl (C=O) groups is 2. The highest BCUT2D eigenvalue weighted by atomic mass is 16.4. The van der Waals surface area contributed by atoms with Crippen LogP contribution >= 0.6 is 0 Å². The normalized spacial score (nSPS) is 19.6. The minimum Gasteiger partial charge on any atom is -0.466 e. The first-order valence-corrected chi connectivity index (χ1v) is 8.60. The van der Waals surface area contributed by atoms with Gasteiger partial charge >= 0.3 is 6.03 Å². The summed E-state index contributed by atoms with van der Waals surface area (Å²) in [7, 11) is 0. The summed E-state index contributed by atoms with van der Waals surface area (Å²) in [4.78, 5) is 30.8. The molecule has 1 unspecified atom stereocenters. The largest absolute Gasteiger partial charge is 0.466 e. The van der Waals surface area contributed by atoms with Gasteiger partial charge < -0.3 is 14.2 Å². The van der Waals surface area contributed by atoms with Crippen molar-refractivity contribution in [2.75, 3.05) is 0 Å². The molecular weight excluding hydrogens is 346 g/mol. The molecule has 1 fully saturated rings. The first-order chi connectivity index (χ1) is 12.9. The molecule has 1 aliphatic rings. The van der Waals surface area contributed by atoms with E-state index in [1.54, 1.807) is 33.0 Å². The molecule has 27 heavy (non-hydrogen) atoms. The molecule has 7 heteroatoms. The van der Waals surface area contributed by atoms with Crippen molar-refractivity contribution in [1.82, 2.24) is 15.2 Å². The number of hydrogen-bond acceptors (Lipinski definition) is 5. The summed E-state index contributed by atoms with van der Waals surface area (Å²) >= 11 is 0. The first kappa shape index (κ1) is 17.1. The fourth-order valence-electron chi connectivity index (χ4n) is 3.40. The Kier molecular flexibility index (Phi) is 3.87. The topological polar surface area (TPSA) is 88.6 Å². The van der Waals surface area contributed by atoms with E-state index in [-0.39, 0.29) is 12.5 Å². The Morgan fingerprint density at radius 3 is 2.56 bits per heavy atom. The average molecular weight is 365 g/mol. The van der Waals surface area contributed by atoms with Gasteiger partial charge in [-0.25, -0.2) is 9.78 Å². The van der Waals surface area contributed by atoms with Crippen LogP contribution in [0, 0.1) is 13.8 Å². The SMILES string of the molecule is Cc1cc(C2(C)NC(=O)N(Cc3ncc(-c4ccccc4)o3)C2=O)c(C)o1. The van der Waals surface area contributed by atoms with Crippen molar-refractivity contribution < 1.29 is 18.4 Å². The Morgan fingerprint density at radius 1 is 1.15 bits per heavy atom. The maximum atomic E-state index is 13.0. The highest BCUT2D eigenvalue weighted by Gasteiger charge is 2.50. The number of furan rings is 1. The van der Waals surface area contributed by atoms with E-state index in [0.717, 1.165) is 10.5 Å². The van der Waals surface area contributed by atoms with Crippen LogP contribution in [0.15, 0.2) is 51.4 Å². The molecule has 0 spiro atoms. The molecule has 3 amide bonds. The highest BCUT2D eigenvalue weighted by Crippen LogP contribution is 2.33. The number of carbonyl (C=O) groups excluding carboxylic acids is 2. The van der Waals surface area contributed by atoms with Gasteiger partial charge in [0.25, 0.3) is 5.91 Å². The number of aromatic nitrogens is 1. The molecule has 0 radical (unpaired) electrons. The molecule has 0 bridgehead atoms. The second kappa shape index (κ2) is 6.12. The third-order valence-corrected chi connectivity index (χ3v) is 4.76. The molecule has 3 aromatic rings. The minimum atomic E-state index is -1.17. The Bertz CT molecular complexity index is 1020. The van der Waals surface area contributed by atoms with Gasteiger partial charge in [0.1, 0.15) is 23.6 Å². The van der Waals surface area contributed by atoms with Crippen molar-refractivity contribution >= 4 is 11.9 Å². The fraction of sp³-hybridized carbons (Fsp3) is 0.250. The summed E-state index contributed by atoms with van der Waals surface area (Å²) < 4.78 is 11.3. The summed E-state index contributed by atoms with van der Waals surface area (Å²) in [5.41, 5.74) is 0.356. The van der Waals surface area contributed by atoms with Gasteiger partial charge in [0.2, 0.25) is 5.89 Å². The summed E-state index contributed by atoms with van der Waals surface area (Å²) in [6.07, 6.45) is 1.59. The van der Waals surface area contributed by atoms with Gasteiger partial charge in [-0.15, -0.1) is 0 Å². The van der Waals surface area contributed by atoms with Crippen LogP contribution in [-0.4, -0.2) is 21.8 Å². The predicted molar refractivity (Wildman–Crippen MR) is 96.6 cm³/mol. The number of hydrogen-bond donors (Lipinski definition) is 1. The molecule has 1 N–H and O–H groups in total. The van der Waals surface area contributed by atoms with Gasteiger partial charge in [0.15, 0.2) is 5.76 Å². The highest BCUT2D eigenvalue weighted by molar-refractivity contribution is 6.07. The zero-order valence-electron chi connectivity index (χ0n) is 15.3. The summed E-state index contributed by atoms with van der Waals surface area (Å²) in [6.45, 7) is 5.21. The van der Waals surface area contributed by atoms with E-state index in [4.69, 9.17) is 8.83 Å². The molecule has 0 aliphatic carbocycles. The summed E-state index contributed by atoms with van der Waals surface area (Å²) in [5.74, 6) is 1.80. The smallest absolute Gasteiger partial charge is 0.325 e. The van der Waals surface area contributed by atoms with Crippen LogP contribution in [0.1, 0.15) is 29.9 Å². The van der Waals surface area contributed by atoms with Gasteiger partial charge in [-0.2, -0.15) is 0 Å². The second-order valence-corrected chi connectivity index (χ2v) is 6.76. The lowest BCUT2D eigenvalue weighted by Gasteiger charge is -2.20. The Hall–Kier alpha value is -3.35. The number of aryl methyl sites for hydroxylation is 2. The molecule has 1 saturated heterocycles. The lowest BCUT2D eigenvalue weighted by molar-refractivity contribution is -0.131. The standard InChI is InChI=1S/C20H19N3O4/c1-12-9-15(13(2)26-12)20(3)18(24)23(19(25)22-20)11-17-21-10-16(27-17)14-7-5-4-6-8-14/h4-10H,11H2,1-3H3,(H,22,25). The van der Waals surface area contributed by atoms with Crippen molar-refractivity contribution in [1.29, 1.82) is 0 Å². The van der Waals surface area contributed by atoms with Crippen molar-refractivity contribution in [2.24, 2.45) is 0 Å². The number of benzene rings is 1. The molecule has 7 nitrogen and oxygen atoms in total. The van der Waals surface area contributed by atoms with Crippen LogP contribution in [0.5, 0.6) is 0 Å². The number of nitrogens with zero attached hydrogens (tertiary/aromatic N) is 2. The third-order valence-electron chi connectivity index (χ3n) is 4.76. The summed E-state index contributed by atoms with van der Waals surface area (Å²) in [5, 5.41) is 2.77. The van der Waals surface area contributed by atoms with Gasteiger partial charge in [0.05, 0.1) is 6.20 Å². The van der Waals surface area contributed by atoms with E-state index in [2.05, 4.69) is 10.3 Å². The maximum absolute atomic E-state index is 13.0. The maximum Gasteiger partial charge on any atom is 0.325 e. The molecule has 2 aromatic heterocycles. The quantitative estimate of drug-likeness (QED) is 0.715. The molecular formula is C20H19N3O4. The van der Waals surface area contributed by atoms with Crippen molar-refractivity contribution in [3.63, 3.8) is 0 Å². The number of nitrogens with one attached hydrogen (secondary N) is 1. The van der Waals surface area contributed by atoms with Crippen LogP contribution < -0.4 is 5.32 Å². The molecule has 4 rings (SSSR count). The predicted octanol–water partition coefficient (Wildman–Crippen LogP) is 3.52. The van der Waals surface area contributed by atoms with Crippen molar-refractivity contribution in [3.8, 4) is 11.3 Å². The van der Waals surface area contributed by atoms with Gasteiger partial charge in [-0.3, -0.25) is 9.69 Å². The molecule has 1 aromatic carbocycles. The van der Waals surface area contributed by atoms with E-state index in [1.165, 1.54) is 0 Å². The number of imide groups is 1. The number of urea groups is 1. The van der Waals surface area contributed by atoms with Gasteiger partial charge in [-0.1, -0.05) is 30.3 Å². The Labute approximate surface area is 156 Å². The lowest BCUT2D eigenvalue weighted by atomic mass is 9.92. The number of amides is 3. The zero-order valence-corrected chi connectivity index (χ0v) is 15.3. The monoisotopic (exact) mass is 365 g/mol. The first-order valence-electron chi connectivity index (χ1n) is 8.60. The third kappa shape index (κ3) is 2.81. The zero-order chi connectivity index (χ0) is 19.2. The van der Waals surface area contributed by atoms with Crippen LogP contribution in [-0.2, 0) is 16.9 Å². The molecule has 3 heterocycles. The molecule has 1 aliphatic heterocycles. The van der Waals surface area contributed by atoms with E-state index >= 15 is 0 Å². The molecule has 1 atom stereocenters. The molecule has 138 valence electrons. The van der Waals surface area contributed by atoms with Crippen LogP contribution in [0.3, 0.4) is 0 Å². The van der Waals surface area contributed by atoms with Crippen LogP contribution in [0.25, 0.3) is 11.3 Å². The van der Waals surface area contributed by atoms with E-state index in [0.29, 0.717) is 28.7 Å². The van der Waals surface area contributed by atoms with E-state index in [1.807, 2.05) is 30.3 Å². The lowest BCUT2D eigenvalue weighted by Crippen LogP contribution is -2.41. The minimum absolute atomic E-state index is 0.0387. The van der Waals surface area contributed by atoms with Crippen molar-refractivity contribution in [2.45, 2.75) is 32.9 Å². The van der Waals surface area contributed by atoms with Crippen LogP contribution in [0.4, 0.5) is 4.79 Å². The average Bonchev–Trinajstić information content (AvgIpc) is 3.30. The second-order valence-electron chi connectivity index (χ2n) is 6.76. The molecule has 0 saturated carbocycles. The number of oxazole rings is 1. The number of rotatable bonds is 4. The summed E-state index contributed by atoms with van der Waals surface area (Å²) in [6, 6.07) is 10.8. The van der Waals surface area contributed by atoms with Crippen LogP contribution in [0.2, 0.25) is 0 Å².